The van der Waals surface area contributed by atoms with Crippen LogP contribution >= 0.6 is 11.6 Å². The Kier molecular flexibility index (Phi) is 3.95. The van der Waals surface area contributed by atoms with E-state index < -0.39 is 28.6 Å². The van der Waals surface area contributed by atoms with Crippen molar-refractivity contribution in [3.8, 4) is 0 Å². The summed E-state index contributed by atoms with van der Waals surface area (Å²) in [5, 5.41) is 12.3. The van der Waals surface area contributed by atoms with E-state index in [0.717, 1.165) is 6.92 Å². The summed E-state index contributed by atoms with van der Waals surface area (Å²) in [6, 6.07) is -2.00. The van der Waals surface area contributed by atoms with Crippen molar-refractivity contribution in [3.05, 3.63) is 21.1 Å². The molecule has 0 fully saturated rings. The van der Waals surface area contributed by atoms with Crippen LogP contribution in [0.3, 0.4) is 0 Å². The Morgan fingerprint density at radius 2 is 2.00 bits per heavy atom. The molecule has 0 aliphatic rings. The minimum absolute atomic E-state index is 0.114. The Labute approximate surface area is 104 Å². The van der Waals surface area contributed by atoms with Gasteiger partial charge in [0, 0.05) is 0 Å². The molecule has 10 heteroatoms. The predicted octanol–water partition coefficient (Wildman–Crippen LogP) is 2.71. The van der Waals surface area contributed by atoms with E-state index in [2.05, 4.69) is 9.97 Å². The second-order valence-electron chi connectivity index (χ2n) is 3.44. The molecule has 18 heavy (non-hydrogen) atoms. The van der Waals surface area contributed by atoms with Crippen molar-refractivity contribution in [2.45, 2.75) is 26.1 Å². The lowest BCUT2D eigenvalue weighted by molar-refractivity contribution is -0.385. The maximum atomic E-state index is 12.4. The smallest absolute Gasteiger partial charge is 0.353 e. The molecule has 1 aromatic heterocycles. The molecule has 1 atom stereocenters. The summed E-state index contributed by atoms with van der Waals surface area (Å²) in [4.78, 5) is 16.8. The van der Waals surface area contributed by atoms with Gasteiger partial charge in [-0.2, -0.15) is 18.2 Å². The average Bonchev–Trinajstić information content (AvgIpc) is 2.13. The van der Waals surface area contributed by atoms with Crippen molar-refractivity contribution in [2.75, 3.05) is 5.32 Å². The van der Waals surface area contributed by atoms with Crippen molar-refractivity contribution >= 4 is 23.1 Å². The standard InChI is InChI=1S/C8H8ClF3N4O2/c1-3-5(16(17)18)6(15-7(9)13-3)14-4(2)8(10,11)12/h4H,1-2H3,(H,13,14,15)/t4-/m0/s1. The average molecular weight is 285 g/mol. The largest absolute Gasteiger partial charge is 0.408 e. The Morgan fingerprint density at radius 1 is 1.44 bits per heavy atom. The first kappa shape index (κ1) is 14.4. The van der Waals surface area contributed by atoms with Gasteiger partial charge in [0.05, 0.1) is 4.92 Å². The number of alkyl halides is 3. The van der Waals surface area contributed by atoms with Gasteiger partial charge in [0.2, 0.25) is 11.1 Å². The van der Waals surface area contributed by atoms with Gasteiger partial charge in [0.25, 0.3) is 0 Å². The van der Waals surface area contributed by atoms with E-state index in [9.17, 15) is 23.3 Å². The van der Waals surface area contributed by atoms with E-state index in [1.165, 1.54) is 6.92 Å². The maximum Gasteiger partial charge on any atom is 0.408 e. The van der Waals surface area contributed by atoms with Crippen LogP contribution < -0.4 is 5.32 Å². The molecule has 0 saturated heterocycles. The molecular weight excluding hydrogens is 277 g/mol. The van der Waals surface area contributed by atoms with E-state index in [-0.39, 0.29) is 11.0 Å². The maximum absolute atomic E-state index is 12.4. The molecular formula is C8H8ClF3N4O2. The summed E-state index contributed by atoms with van der Waals surface area (Å²) in [5.74, 6) is -0.553. The lowest BCUT2D eigenvalue weighted by Crippen LogP contribution is -2.33. The van der Waals surface area contributed by atoms with Crippen molar-refractivity contribution in [1.82, 2.24) is 9.97 Å². The van der Waals surface area contributed by atoms with Crippen LogP contribution in [0.25, 0.3) is 0 Å². The van der Waals surface area contributed by atoms with Crippen LogP contribution in [0.5, 0.6) is 0 Å². The van der Waals surface area contributed by atoms with E-state index in [1.807, 2.05) is 5.32 Å². The Morgan fingerprint density at radius 3 is 2.44 bits per heavy atom. The second kappa shape index (κ2) is 4.92. The normalized spacial score (nSPS) is 13.2. The first-order chi connectivity index (χ1) is 8.12. The molecule has 0 bridgehead atoms. The molecule has 0 radical (unpaired) electrons. The van der Waals surface area contributed by atoms with Gasteiger partial charge < -0.3 is 5.32 Å². The topological polar surface area (TPSA) is 81.0 Å². The summed E-state index contributed by atoms with van der Waals surface area (Å²) in [6.07, 6.45) is -4.56. The third-order valence-corrected chi connectivity index (χ3v) is 2.23. The molecule has 0 amide bonds. The highest BCUT2D eigenvalue weighted by Gasteiger charge is 2.38. The number of nitrogens with one attached hydrogen (secondary N) is 1. The van der Waals surface area contributed by atoms with Gasteiger partial charge >= 0.3 is 11.9 Å². The van der Waals surface area contributed by atoms with E-state index in [0.29, 0.717) is 0 Å². The first-order valence-corrected chi connectivity index (χ1v) is 5.02. The molecule has 1 heterocycles. The number of rotatable bonds is 3. The Balaban J connectivity index is 3.19. The van der Waals surface area contributed by atoms with Crippen LogP contribution in [-0.2, 0) is 0 Å². The lowest BCUT2D eigenvalue weighted by Gasteiger charge is -2.17. The molecule has 0 aromatic carbocycles. The summed E-state index contributed by atoms with van der Waals surface area (Å²) in [5.41, 5.74) is -0.743. The highest BCUT2D eigenvalue weighted by atomic mass is 35.5. The molecule has 0 aliphatic heterocycles. The zero-order chi connectivity index (χ0) is 14.1. The van der Waals surface area contributed by atoms with Crippen LogP contribution in [0.2, 0.25) is 5.28 Å². The van der Waals surface area contributed by atoms with Crippen molar-refractivity contribution in [1.29, 1.82) is 0 Å². The fourth-order valence-corrected chi connectivity index (χ4v) is 1.35. The lowest BCUT2D eigenvalue weighted by atomic mass is 10.3. The molecule has 0 spiro atoms. The molecule has 1 N–H and O–H groups in total. The molecule has 1 rings (SSSR count). The van der Waals surface area contributed by atoms with E-state index in [4.69, 9.17) is 11.6 Å². The predicted molar refractivity (Wildman–Crippen MR) is 57.6 cm³/mol. The first-order valence-electron chi connectivity index (χ1n) is 4.64. The van der Waals surface area contributed by atoms with Crippen LogP contribution in [0.4, 0.5) is 24.7 Å². The Hall–Kier alpha value is -1.64. The summed E-state index contributed by atoms with van der Waals surface area (Å²) in [6.45, 7) is 2.07. The number of anilines is 1. The third kappa shape index (κ3) is 3.19. The number of aryl methyl sites for hydroxylation is 1. The summed E-state index contributed by atoms with van der Waals surface area (Å²) in [7, 11) is 0. The summed E-state index contributed by atoms with van der Waals surface area (Å²) >= 11 is 5.46. The van der Waals surface area contributed by atoms with Gasteiger partial charge in [0.15, 0.2) is 0 Å². The monoisotopic (exact) mass is 284 g/mol. The van der Waals surface area contributed by atoms with Gasteiger partial charge in [-0.15, -0.1) is 0 Å². The quantitative estimate of drug-likeness (QED) is 0.524. The zero-order valence-corrected chi connectivity index (χ0v) is 10.0. The van der Waals surface area contributed by atoms with Crippen molar-refractivity contribution in [3.63, 3.8) is 0 Å². The van der Waals surface area contributed by atoms with Crippen LogP contribution in [-0.4, -0.2) is 27.1 Å². The van der Waals surface area contributed by atoms with E-state index >= 15 is 0 Å². The minimum Gasteiger partial charge on any atom is -0.353 e. The fourth-order valence-electron chi connectivity index (χ4n) is 1.14. The Bertz CT molecular complexity index is 480. The summed E-state index contributed by atoms with van der Waals surface area (Å²) < 4.78 is 37.1. The minimum atomic E-state index is -4.56. The number of nitro groups is 1. The van der Waals surface area contributed by atoms with Crippen LogP contribution in [0.1, 0.15) is 12.6 Å². The van der Waals surface area contributed by atoms with Crippen molar-refractivity contribution in [2.24, 2.45) is 0 Å². The molecule has 1 aromatic rings. The van der Waals surface area contributed by atoms with Crippen LogP contribution in [0.15, 0.2) is 0 Å². The van der Waals surface area contributed by atoms with Gasteiger partial charge in [-0.3, -0.25) is 10.1 Å². The van der Waals surface area contributed by atoms with Gasteiger partial charge in [-0.25, -0.2) is 4.98 Å². The van der Waals surface area contributed by atoms with E-state index in [1.54, 1.807) is 0 Å². The SMILES string of the molecule is Cc1nc(Cl)nc(N[C@@H](C)C(F)(F)F)c1[N+](=O)[O-]. The fraction of sp³-hybridized carbons (Fsp3) is 0.500. The van der Waals surface area contributed by atoms with Crippen molar-refractivity contribution < 1.29 is 18.1 Å². The van der Waals surface area contributed by atoms with Gasteiger partial charge in [-0.05, 0) is 25.4 Å². The molecule has 100 valence electrons. The molecule has 0 aliphatic carbocycles. The second-order valence-corrected chi connectivity index (χ2v) is 3.78. The van der Waals surface area contributed by atoms with Gasteiger partial charge in [-0.1, -0.05) is 0 Å². The van der Waals surface area contributed by atoms with Crippen LogP contribution in [0, 0.1) is 17.0 Å². The number of aromatic nitrogens is 2. The highest BCUT2D eigenvalue weighted by molar-refractivity contribution is 6.28. The highest BCUT2D eigenvalue weighted by Crippen LogP contribution is 2.30. The number of nitrogens with zero attached hydrogens (tertiary/aromatic N) is 3. The van der Waals surface area contributed by atoms with Gasteiger partial charge in [0.1, 0.15) is 11.7 Å². The zero-order valence-electron chi connectivity index (χ0n) is 9.25. The molecule has 0 unspecified atom stereocenters. The number of hydrogen-bond acceptors (Lipinski definition) is 5. The molecule has 0 saturated carbocycles. The third-order valence-electron chi connectivity index (χ3n) is 2.06. The number of halogens is 4. The molecule has 6 nitrogen and oxygen atoms in total. The number of hydrogen-bond donors (Lipinski definition) is 1.